The molecule has 1 aromatic heterocycles. The molecule has 0 bridgehead atoms. The van der Waals surface area contributed by atoms with Crippen molar-refractivity contribution in [3.63, 3.8) is 0 Å². The normalized spacial score (nSPS) is 12.1. The lowest BCUT2D eigenvalue weighted by Crippen LogP contribution is -2.12. The van der Waals surface area contributed by atoms with Crippen molar-refractivity contribution >= 4 is 0 Å². The predicted molar refractivity (Wildman–Crippen MR) is 62.7 cm³/mol. The third-order valence-corrected chi connectivity index (χ3v) is 2.74. The van der Waals surface area contributed by atoms with Crippen molar-refractivity contribution in [1.82, 2.24) is 9.78 Å². The van der Waals surface area contributed by atoms with E-state index in [9.17, 15) is 13.2 Å². The Hall–Kier alpha value is -1.78. The molecular formula is C13H13F3N2. The first-order chi connectivity index (χ1) is 8.39. The average Bonchev–Trinajstić information content (AvgIpc) is 2.80. The van der Waals surface area contributed by atoms with Gasteiger partial charge < -0.3 is 0 Å². The molecule has 2 nitrogen and oxygen atoms in total. The van der Waals surface area contributed by atoms with Crippen LogP contribution in [-0.4, -0.2) is 9.78 Å². The Labute approximate surface area is 103 Å². The monoisotopic (exact) mass is 254 g/mol. The van der Waals surface area contributed by atoms with Gasteiger partial charge in [-0.3, -0.25) is 0 Å². The molecule has 2 rings (SSSR count). The summed E-state index contributed by atoms with van der Waals surface area (Å²) in [6.07, 6.45) is -1.43. The molecule has 0 aliphatic carbocycles. The van der Waals surface area contributed by atoms with Gasteiger partial charge in [-0.25, -0.2) is 4.68 Å². The van der Waals surface area contributed by atoms with Crippen LogP contribution in [0.2, 0.25) is 0 Å². The molecule has 5 heteroatoms. The van der Waals surface area contributed by atoms with Gasteiger partial charge >= 0.3 is 6.18 Å². The first-order valence-electron chi connectivity index (χ1n) is 5.61. The molecule has 18 heavy (non-hydrogen) atoms. The highest BCUT2D eigenvalue weighted by atomic mass is 19.4. The molecule has 0 amide bonds. The highest BCUT2D eigenvalue weighted by Gasteiger charge is 2.34. The Bertz CT molecular complexity index is 528. The van der Waals surface area contributed by atoms with Gasteiger partial charge in [0.15, 0.2) is 0 Å². The molecule has 0 fully saturated rings. The van der Waals surface area contributed by atoms with Crippen LogP contribution >= 0.6 is 0 Å². The lowest BCUT2D eigenvalue weighted by Gasteiger charge is -2.15. The minimum absolute atomic E-state index is 0.0527. The van der Waals surface area contributed by atoms with E-state index in [1.54, 1.807) is 12.1 Å². The van der Waals surface area contributed by atoms with Crippen LogP contribution in [0.15, 0.2) is 36.7 Å². The number of benzene rings is 1. The maximum absolute atomic E-state index is 13.0. The molecule has 0 atom stereocenters. The fourth-order valence-electron chi connectivity index (χ4n) is 1.75. The number of nitrogens with zero attached hydrogens (tertiary/aromatic N) is 2. The standard InChI is InChI=1S/C13H13F3N2/c1-9(2)10-4-5-12(18-7-3-6-17-18)11(8-10)13(14,15)16/h3-9H,1-2H3. The van der Waals surface area contributed by atoms with Crippen molar-refractivity contribution in [3.05, 3.63) is 47.8 Å². The largest absolute Gasteiger partial charge is 0.418 e. The summed E-state index contributed by atoms with van der Waals surface area (Å²) in [7, 11) is 0. The molecule has 0 aliphatic rings. The smallest absolute Gasteiger partial charge is 0.240 e. The van der Waals surface area contributed by atoms with Gasteiger partial charge in [0.25, 0.3) is 0 Å². The highest BCUT2D eigenvalue weighted by molar-refractivity contribution is 5.45. The number of hydrogen-bond acceptors (Lipinski definition) is 1. The van der Waals surface area contributed by atoms with Crippen molar-refractivity contribution in [2.75, 3.05) is 0 Å². The Balaban J connectivity index is 2.60. The van der Waals surface area contributed by atoms with Crippen LogP contribution < -0.4 is 0 Å². The summed E-state index contributed by atoms with van der Waals surface area (Å²) in [5.41, 5.74) is 0.0625. The van der Waals surface area contributed by atoms with E-state index >= 15 is 0 Å². The van der Waals surface area contributed by atoms with Crippen molar-refractivity contribution in [1.29, 1.82) is 0 Å². The molecule has 0 spiro atoms. The summed E-state index contributed by atoms with van der Waals surface area (Å²) in [5, 5.41) is 3.85. The van der Waals surface area contributed by atoms with Gasteiger partial charge in [0, 0.05) is 12.4 Å². The van der Waals surface area contributed by atoms with E-state index < -0.39 is 11.7 Å². The molecule has 0 saturated heterocycles. The Morgan fingerprint density at radius 1 is 1.22 bits per heavy atom. The molecule has 1 heterocycles. The zero-order chi connectivity index (χ0) is 13.3. The van der Waals surface area contributed by atoms with E-state index in [1.165, 1.54) is 29.2 Å². The van der Waals surface area contributed by atoms with Gasteiger partial charge in [0.05, 0.1) is 11.3 Å². The Morgan fingerprint density at radius 3 is 2.44 bits per heavy atom. The predicted octanol–water partition coefficient (Wildman–Crippen LogP) is 4.01. The molecule has 96 valence electrons. The molecule has 2 aromatic rings. The maximum atomic E-state index is 13.0. The zero-order valence-electron chi connectivity index (χ0n) is 10.1. The lowest BCUT2D eigenvalue weighted by atomic mass is 9.99. The minimum atomic E-state index is -4.38. The summed E-state index contributed by atoms with van der Waals surface area (Å²) >= 11 is 0. The van der Waals surface area contributed by atoms with E-state index in [0.717, 1.165) is 0 Å². The van der Waals surface area contributed by atoms with Crippen LogP contribution in [0.4, 0.5) is 13.2 Å². The second-order valence-electron chi connectivity index (χ2n) is 4.38. The van der Waals surface area contributed by atoms with Gasteiger partial charge in [0.1, 0.15) is 0 Å². The van der Waals surface area contributed by atoms with Gasteiger partial charge in [-0.05, 0) is 29.7 Å². The van der Waals surface area contributed by atoms with Gasteiger partial charge in [-0.1, -0.05) is 19.9 Å². The van der Waals surface area contributed by atoms with E-state index in [4.69, 9.17) is 0 Å². The van der Waals surface area contributed by atoms with Crippen LogP contribution in [0.1, 0.15) is 30.9 Å². The second kappa shape index (κ2) is 4.48. The van der Waals surface area contributed by atoms with Gasteiger partial charge in [-0.15, -0.1) is 0 Å². The van der Waals surface area contributed by atoms with E-state index in [2.05, 4.69) is 5.10 Å². The SMILES string of the molecule is CC(C)c1ccc(-n2cccn2)c(C(F)(F)F)c1. The number of halogens is 3. The van der Waals surface area contributed by atoms with Crippen LogP contribution in [0.3, 0.4) is 0 Å². The summed E-state index contributed by atoms with van der Waals surface area (Å²) in [6, 6.07) is 5.96. The van der Waals surface area contributed by atoms with Crippen molar-refractivity contribution in [2.24, 2.45) is 0 Å². The van der Waals surface area contributed by atoms with Crippen molar-refractivity contribution in [3.8, 4) is 5.69 Å². The van der Waals surface area contributed by atoms with Crippen LogP contribution in [-0.2, 0) is 6.18 Å². The fourth-order valence-corrected chi connectivity index (χ4v) is 1.75. The molecule has 0 radical (unpaired) electrons. The minimum Gasteiger partial charge on any atom is -0.240 e. The van der Waals surface area contributed by atoms with E-state index in [1.807, 2.05) is 13.8 Å². The number of alkyl halides is 3. The first-order valence-corrected chi connectivity index (χ1v) is 5.61. The van der Waals surface area contributed by atoms with E-state index in [-0.39, 0.29) is 11.6 Å². The van der Waals surface area contributed by atoms with Crippen LogP contribution in [0, 0.1) is 0 Å². The summed E-state index contributed by atoms with van der Waals surface area (Å²) < 4.78 is 40.4. The van der Waals surface area contributed by atoms with Gasteiger partial charge in [0.2, 0.25) is 0 Å². The quantitative estimate of drug-likeness (QED) is 0.791. The number of rotatable bonds is 2. The van der Waals surface area contributed by atoms with Crippen molar-refractivity contribution in [2.45, 2.75) is 25.9 Å². The highest BCUT2D eigenvalue weighted by Crippen LogP contribution is 2.35. The molecular weight excluding hydrogens is 241 g/mol. The Morgan fingerprint density at radius 2 is 1.94 bits per heavy atom. The molecule has 0 N–H and O–H groups in total. The van der Waals surface area contributed by atoms with Gasteiger partial charge in [-0.2, -0.15) is 18.3 Å². The zero-order valence-corrected chi connectivity index (χ0v) is 10.1. The molecule has 1 aromatic carbocycles. The summed E-state index contributed by atoms with van der Waals surface area (Å²) in [6.45, 7) is 3.73. The van der Waals surface area contributed by atoms with Crippen molar-refractivity contribution < 1.29 is 13.2 Å². The first kappa shape index (κ1) is 12.7. The maximum Gasteiger partial charge on any atom is 0.418 e. The number of aromatic nitrogens is 2. The number of hydrogen-bond donors (Lipinski definition) is 0. The van der Waals surface area contributed by atoms with Crippen LogP contribution in [0.25, 0.3) is 5.69 Å². The third-order valence-electron chi connectivity index (χ3n) is 2.74. The topological polar surface area (TPSA) is 17.8 Å². The van der Waals surface area contributed by atoms with Crippen LogP contribution in [0.5, 0.6) is 0 Å². The average molecular weight is 254 g/mol. The Kier molecular flexibility index (Phi) is 3.15. The lowest BCUT2D eigenvalue weighted by molar-refractivity contribution is -0.137. The second-order valence-corrected chi connectivity index (χ2v) is 4.38. The molecule has 0 saturated carbocycles. The molecule has 0 aliphatic heterocycles. The van der Waals surface area contributed by atoms with E-state index in [0.29, 0.717) is 5.56 Å². The summed E-state index contributed by atoms with van der Waals surface area (Å²) in [5.74, 6) is 0.0535. The summed E-state index contributed by atoms with van der Waals surface area (Å²) in [4.78, 5) is 0. The molecule has 0 unspecified atom stereocenters. The third kappa shape index (κ3) is 2.39. The fraction of sp³-hybridized carbons (Fsp3) is 0.308.